The third-order valence-corrected chi connectivity index (χ3v) is 3.14. The number of nitrogens with zero attached hydrogens (tertiary/aromatic N) is 1. The van der Waals surface area contributed by atoms with E-state index < -0.39 is 0 Å². The molecule has 0 radical (unpaired) electrons. The van der Waals surface area contributed by atoms with Crippen LogP contribution in [0.4, 0.5) is 10.5 Å². The number of methoxy groups -OCH3 is 1. The third-order valence-electron chi connectivity index (χ3n) is 3.14. The molecule has 0 aromatic heterocycles. The van der Waals surface area contributed by atoms with Gasteiger partial charge in [-0.2, -0.15) is 0 Å². The van der Waals surface area contributed by atoms with E-state index in [1.807, 2.05) is 38.1 Å². The van der Waals surface area contributed by atoms with Crippen LogP contribution < -0.4 is 9.64 Å². The first-order valence-corrected chi connectivity index (χ1v) is 5.85. The second-order valence-electron chi connectivity index (χ2n) is 4.40. The van der Waals surface area contributed by atoms with E-state index in [0.717, 1.165) is 22.6 Å². The number of amides is 1. The lowest BCUT2D eigenvalue weighted by Gasteiger charge is -2.20. The average Bonchev–Trinajstić information content (AvgIpc) is 2.52. The number of carbonyl (C=O) groups excluding carboxylic acids is 1. The van der Waals surface area contributed by atoms with Crippen LogP contribution in [-0.2, 0) is 4.74 Å². The van der Waals surface area contributed by atoms with Crippen molar-refractivity contribution in [2.75, 3.05) is 25.2 Å². The molecular weight excluding hydrogens is 230 g/mol. The highest BCUT2D eigenvalue weighted by Crippen LogP contribution is 2.23. The van der Waals surface area contributed by atoms with Crippen LogP contribution in [0.2, 0.25) is 0 Å². The average molecular weight is 247 g/mol. The highest BCUT2D eigenvalue weighted by molar-refractivity contribution is 5.88. The summed E-state index contributed by atoms with van der Waals surface area (Å²) in [5.74, 6) is 0.769. The molecule has 1 amide bonds. The Labute approximate surface area is 107 Å². The van der Waals surface area contributed by atoms with Crippen LogP contribution >= 0.6 is 0 Å². The molecule has 4 heteroatoms. The largest absolute Gasteiger partial charge is 0.497 e. The van der Waals surface area contributed by atoms with E-state index in [9.17, 15) is 4.79 Å². The van der Waals surface area contributed by atoms with E-state index in [4.69, 9.17) is 9.47 Å². The van der Waals surface area contributed by atoms with Gasteiger partial charge in [0.1, 0.15) is 12.4 Å². The molecule has 0 atom stereocenters. The Kier molecular flexibility index (Phi) is 3.55. The fourth-order valence-electron chi connectivity index (χ4n) is 1.77. The van der Waals surface area contributed by atoms with Crippen molar-refractivity contribution in [2.24, 2.45) is 0 Å². The summed E-state index contributed by atoms with van der Waals surface area (Å²) in [5.41, 5.74) is 3.09. The van der Waals surface area contributed by atoms with Crippen LogP contribution in [0.25, 0.3) is 0 Å². The van der Waals surface area contributed by atoms with E-state index in [1.54, 1.807) is 12.0 Å². The van der Waals surface area contributed by atoms with Crippen molar-refractivity contribution in [1.29, 1.82) is 0 Å². The smallest absolute Gasteiger partial charge is 0.414 e. The van der Waals surface area contributed by atoms with Gasteiger partial charge in [-0.15, -0.1) is 0 Å². The third kappa shape index (κ3) is 2.47. The second-order valence-corrected chi connectivity index (χ2v) is 4.40. The molecule has 1 heterocycles. The Balaban J connectivity index is 2.27. The van der Waals surface area contributed by atoms with Crippen molar-refractivity contribution in [1.82, 2.24) is 0 Å². The van der Waals surface area contributed by atoms with Gasteiger partial charge in [-0.3, -0.25) is 4.90 Å². The summed E-state index contributed by atoms with van der Waals surface area (Å²) in [5, 5.41) is 0. The fraction of sp³-hybridized carbons (Fsp3) is 0.357. The summed E-state index contributed by atoms with van der Waals surface area (Å²) in [4.78, 5) is 13.5. The van der Waals surface area contributed by atoms with Crippen molar-refractivity contribution in [3.8, 4) is 5.75 Å². The Morgan fingerprint density at radius 2 is 1.83 bits per heavy atom. The van der Waals surface area contributed by atoms with Gasteiger partial charge >= 0.3 is 6.09 Å². The quantitative estimate of drug-likeness (QED) is 0.754. The molecule has 1 aliphatic heterocycles. The number of rotatable bonds is 2. The summed E-state index contributed by atoms with van der Waals surface area (Å²) in [6.07, 6.45) is -0.309. The zero-order valence-electron chi connectivity index (χ0n) is 10.9. The number of benzene rings is 1. The molecule has 0 saturated carbocycles. The van der Waals surface area contributed by atoms with Crippen molar-refractivity contribution >= 4 is 11.8 Å². The minimum atomic E-state index is -0.309. The molecule has 0 aliphatic carbocycles. The van der Waals surface area contributed by atoms with Gasteiger partial charge in [0, 0.05) is 5.69 Å². The first kappa shape index (κ1) is 12.5. The first-order chi connectivity index (χ1) is 8.61. The van der Waals surface area contributed by atoms with Crippen molar-refractivity contribution in [3.05, 3.63) is 35.4 Å². The summed E-state index contributed by atoms with van der Waals surface area (Å²) in [6, 6.07) is 7.38. The molecule has 0 saturated heterocycles. The lowest BCUT2D eigenvalue weighted by atomic mass is 10.1. The lowest BCUT2D eigenvalue weighted by Crippen LogP contribution is -2.31. The monoisotopic (exact) mass is 247 g/mol. The van der Waals surface area contributed by atoms with E-state index in [-0.39, 0.29) is 6.09 Å². The summed E-state index contributed by atoms with van der Waals surface area (Å²) >= 11 is 0. The molecule has 4 nitrogen and oxygen atoms in total. The summed E-state index contributed by atoms with van der Waals surface area (Å²) in [6.45, 7) is 4.95. The number of ether oxygens (including phenoxy) is 2. The second kappa shape index (κ2) is 5.12. The van der Waals surface area contributed by atoms with Crippen molar-refractivity contribution in [3.63, 3.8) is 0 Å². The van der Waals surface area contributed by atoms with E-state index in [0.29, 0.717) is 13.2 Å². The predicted molar refractivity (Wildman–Crippen MR) is 70.1 cm³/mol. The van der Waals surface area contributed by atoms with Crippen LogP contribution in [0.5, 0.6) is 5.75 Å². The number of hydrogen-bond donors (Lipinski definition) is 0. The zero-order valence-corrected chi connectivity index (χ0v) is 10.9. The van der Waals surface area contributed by atoms with Crippen molar-refractivity contribution < 1.29 is 14.3 Å². The molecule has 1 aliphatic rings. The Morgan fingerprint density at radius 3 is 2.44 bits per heavy atom. The maximum absolute atomic E-state index is 11.9. The zero-order chi connectivity index (χ0) is 13.1. The lowest BCUT2D eigenvalue weighted by molar-refractivity contribution is 0.166. The van der Waals surface area contributed by atoms with Crippen LogP contribution in [0.1, 0.15) is 13.8 Å². The number of hydrogen-bond acceptors (Lipinski definition) is 3. The molecule has 0 N–H and O–H groups in total. The van der Waals surface area contributed by atoms with Crippen LogP contribution in [0, 0.1) is 0 Å². The van der Waals surface area contributed by atoms with Gasteiger partial charge in [-0.05, 0) is 43.7 Å². The highest BCUT2D eigenvalue weighted by atomic mass is 16.6. The standard InChI is InChI=1S/C14H17NO3/c1-10-8-15(14(16)18-9-11(10)2)12-4-6-13(17-3)7-5-12/h4-7H,8-9H2,1-3H3. The molecule has 2 rings (SSSR count). The normalized spacial score (nSPS) is 16.4. The predicted octanol–water partition coefficient (Wildman–Crippen LogP) is 2.99. The molecule has 96 valence electrons. The highest BCUT2D eigenvalue weighted by Gasteiger charge is 2.21. The summed E-state index contributed by atoms with van der Waals surface area (Å²) < 4.78 is 10.3. The van der Waals surface area contributed by atoms with Gasteiger partial charge in [0.2, 0.25) is 0 Å². The SMILES string of the molecule is COc1ccc(N2CC(C)=C(C)COC2=O)cc1. The maximum atomic E-state index is 11.9. The fourth-order valence-corrected chi connectivity index (χ4v) is 1.77. The Bertz CT molecular complexity index is 476. The van der Waals surface area contributed by atoms with Gasteiger partial charge in [-0.1, -0.05) is 5.57 Å². The van der Waals surface area contributed by atoms with E-state index >= 15 is 0 Å². The molecule has 0 spiro atoms. The molecule has 18 heavy (non-hydrogen) atoms. The molecule has 0 fully saturated rings. The van der Waals surface area contributed by atoms with E-state index in [1.165, 1.54) is 0 Å². The number of carbonyl (C=O) groups is 1. The topological polar surface area (TPSA) is 38.8 Å². The van der Waals surface area contributed by atoms with Crippen molar-refractivity contribution in [2.45, 2.75) is 13.8 Å². The number of anilines is 1. The molecule has 0 unspecified atom stereocenters. The van der Waals surface area contributed by atoms with Gasteiger partial charge < -0.3 is 9.47 Å². The van der Waals surface area contributed by atoms with Crippen LogP contribution in [-0.4, -0.2) is 26.4 Å². The van der Waals surface area contributed by atoms with Gasteiger partial charge in [-0.25, -0.2) is 4.79 Å². The van der Waals surface area contributed by atoms with Gasteiger partial charge in [0.25, 0.3) is 0 Å². The minimum Gasteiger partial charge on any atom is -0.497 e. The van der Waals surface area contributed by atoms with Crippen LogP contribution in [0.15, 0.2) is 35.4 Å². The molecule has 1 aromatic rings. The first-order valence-electron chi connectivity index (χ1n) is 5.85. The van der Waals surface area contributed by atoms with Gasteiger partial charge in [0.15, 0.2) is 0 Å². The molecule has 0 bridgehead atoms. The molecule has 1 aromatic carbocycles. The van der Waals surface area contributed by atoms with E-state index in [2.05, 4.69) is 0 Å². The van der Waals surface area contributed by atoms with Crippen LogP contribution in [0.3, 0.4) is 0 Å². The van der Waals surface area contributed by atoms with Gasteiger partial charge in [0.05, 0.1) is 13.7 Å². The minimum absolute atomic E-state index is 0.309. The summed E-state index contributed by atoms with van der Waals surface area (Å²) in [7, 11) is 1.62. The Morgan fingerprint density at radius 1 is 1.17 bits per heavy atom. The maximum Gasteiger partial charge on any atom is 0.414 e. The molecular formula is C14H17NO3. The Hall–Kier alpha value is -1.97. The number of cyclic esters (lactones) is 1.